The minimum Gasteiger partial charge on any atom is -0.547 e. The summed E-state index contributed by atoms with van der Waals surface area (Å²) in [6, 6.07) is 0. The SMILES string of the molecule is C/C=C1/C(=O)C2C(CC[C@@]3(C)C2CC[C@@H]3[C@H](C)CCC(=O)OC)[C@@]2(C)CC[C@@H](O)CC12.CC[C@H]1C(=O)C2C3CC[C@H]([C@H](C)CCC(=O)OC)[C@@]3(C)CCC2[C@@]2(C)CC[C@@H](O)C[C@@H]12.COC(=O)CC[C@@H](C)[C@H]1CCC2C3C(=O)CC4C[C@H](O)CC[C@]4(C)C3CC[C@@]21C.COC(=O)CC[C@@H](C)[C@H]1CCC2C3C(O[Si](C)(C)C)=CC4C[C@H](C)CC[C@]4(C)C3CC[C@@]21C. The van der Waals surface area contributed by atoms with Gasteiger partial charge in [-0.05, 0) is 411 Å². The molecule has 0 radical (unpaired) electrons. The van der Waals surface area contributed by atoms with E-state index in [0.717, 1.165) is 145 Å². The van der Waals surface area contributed by atoms with Gasteiger partial charge < -0.3 is 38.7 Å². The number of hydrogen-bond donors (Lipinski definition) is 3. The Morgan fingerprint density at radius 1 is 0.427 bits per heavy atom. The second kappa shape index (κ2) is 38.1. The van der Waals surface area contributed by atoms with Crippen LogP contribution < -0.4 is 0 Å². The Hall–Kier alpha value is -3.73. The Balaban J connectivity index is 0.000000142. The number of rotatable bonds is 19. The first kappa shape index (κ1) is 97.8. The van der Waals surface area contributed by atoms with Gasteiger partial charge >= 0.3 is 23.9 Å². The molecule has 0 aromatic heterocycles. The number of Topliss-reactive ketones (excluding diaryl/α,β-unsaturated/α-hetero) is 3. The molecule has 16 aliphatic rings. The second-order valence-corrected chi connectivity index (χ2v) is 53.3. The highest BCUT2D eigenvalue weighted by Crippen LogP contribution is 2.74. The van der Waals surface area contributed by atoms with Crippen molar-refractivity contribution in [1.29, 1.82) is 0 Å². The van der Waals surface area contributed by atoms with E-state index in [1.807, 2.05) is 6.92 Å². The lowest BCUT2D eigenvalue weighted by Gasteiger charge is -2.62. The van der Waals surface area contributed by atoms with Crippen LogP contribution in [0.4, 0.5) is 0 Å². The first-order valence-corrected chi connectivity index (χ1v) is 54.8. The molecule has 0 heterocycles. The number of fused-ring (bicyclic) bond motifs is 20. The molecule has 124 heavy (non-hydrogen) atoms. The van der Waals surface area contributed by atoms with Crippen molar-refractivity contribution in [3.8, 4) is 0 Å². The second-order valence-electron chi connectivity index (χ2n) is 48.9. The number of aliphatic hydroxyl groups is 3. The summed E-state index contributed by atoms with van der Waals surface area (Å²) >= 11 is 0. The number of carbonyl (C=O) groups is 7. The smallest absolute Gasteiger partial charge is 0.305 e. The van der Waals surface area contributed by atoms with Crippen LogP contribution in [0.2, 0.25) is 19.6 Å². The van der Waals surface area contributed by atoms with Crippen molar-refractivity contribution in [1.82, 2.24) is 0 Å². The Kier molecular flexibility index (Phi) is 30.0. The van der Waals surface area contributed by atoms with Gasteiger partial charge in [0, 0.05) is 61.7 Å². The zero-order chi connectivity index (χ0) is 90.3. The number of hydrogen-bond acceptors (Lipinski definition) is 15. The standard InChI is InChI=1S/C29H50O3Si.C27H44O4.C27H42O4.C25H40O4/c1-19-13-15-28(3)21(17-19)18-25(32-33(6,7)8)27-23-11-10-22(20(2)9-12-26(30)31-5)29(23,4)16-14-24(27)28;2*1-6-18-22-15-17(28)11-13-27(22,4)21-12-14-26(3)19(16(2)7-10-23(29)31-5)8-9-20(26)24(21)25(18)30;1-15(5-8-22(28)29-4)18-6-7-19-23-20(10-12-25(18,19)3)24(2)11-9-17(26)13-16(24)14-21(23)27/h18-24,27H,9-17H2,1-8H3;16-22,24,28H,6-15H2,1-5H3;6,16-17,19-22,24,28H,7-15H2,1-5H3;15-20,23,26H,5-14H2,1-4H3/b;;18-6+;/t19-,20-,21?,22-,23?,24?,27?,28+,29-;16-,17-,18-,19-,20?,21?,22+,24?,26-,27-;16-,17-,19-,20?,21?,22?,24?,26-,27-;15-,16?,17-,18-,19?,20?,23?,24+,25-/m1111/s1. The third-order valence-electron chi connectivity index (χ3n) is 42.4. The van der Waals surface area contributed by atoms with Crippen LogP contribution in [0.3, 0.4) is 0 Å². The summed E-state index contributed by atoms with van der Waals surface area (Å²) in [5.41, 5.74) is 3.00. The van der Waals surface area contributed by atoms with Crippen LogP contribution >= 0.6 is 0 Å². The fraction of sp³-hybridized carbons (Fsp3) is 0.898. The fourth-order valence-electron chi connectivity index (χ4n) is 35.6. The van der Waals surface area contributed by atoms with Crippen LogP contribution in [0.15, 0.2) is 23.5 Å². The minimum absolute atomic E-state index is 0.0585. The fourth-order valence-corrected chi connectivity index (χ4v) is 36.5. The molecule has 37 atom stereocenters. The van der Waals surface area contributed by atoms with E-state index in [-0.39, 0.29) is 104 Å². The van der Waals surface area contributed by atoms with Crippen LogP contribution in [0.25, 0.3) is 0 Å². The van der Waals surface area contributed by atoms with Crippen LogP contribution in [-0.2, 0) is 56.9 Å². The molecule has 0 bridgehead atoms. The molecular formula is C108H176O15Si. The van der Waals surface area contributed by atoms with E-state index in [9.17, 15) is 48.9 Å². The highest BCUT2D eigenvalue weighted by atomic mass is 28.4. The van der Waals surface area contributed by atoms with Gasteiger partial charge in [-0.1, -0.05) is 109 Å². The Morgan fingerprint density at radius 2 is 0.782 bits per heavy atom. The Bertz CT molecular complexity index is 3860. The molecule has 0 spiro atoms. The maximum absolute atomic E-state index is 14.0. The van der Waals surface area contributed by atoms with E-state index in [0.29, 0.717) is 167 Å². The van der Waals surface area contributed by atoms with Gasteiger partial charge in [0.15, 0.2) is 5.78 Å². The summed E-state index contributed by atoms with van der Waals surface area (Å²) in [7, 11) is 4.24. The van der Waals surface area contributed by atoms with Gasteiger partial charge in [-0.2, -0.15) is 0 Å². The van der Waals surface area contributed by atoms with E-state index >= 15 is 0 Å². The summed E-state index contributed by atoms with van der Waals surface area (Å²) in [4.78, 5) is 88.1. The maximum atomic E-state index is 14.0. The molecule has 15 nitrogen and oxygen atoms in total. The quantitative estimate of drug-likeness (QED) is 0.0473. The molecule has 15 unspecified atom stereocenters. The molecule has 0 aliphatic heterocycles. The van der Waals surface area contributed by atoms with Gasteiger partial charge in [-0.15, -0.1) is 0 Å². The number of ketones is 3. The molecule has 0 aromatic rings. The zero-order valence-electron chi connectivity index (χ0n) is 82.0. The maximum Gasteiger partial charge on any atom is 0.305 e. The van der Waals surface area contributed by atoms with E-state index in [2.05, 4.69) is 129 Å². The molecular weight excluding hydrogens is 1570 g/mol. The molecule has 0 aromatic carbocycles. The lowest BCUT2D eigenvalue weighted by molar-refractivity contribution is -0.173. The molecule has 15 fully saturated rings. The number of aliphatic hydroxyl groups excluding tert-OH is 3. The molecule has 3 N–H and O–H groups in total. The average molecular weight is 1740 g/mol. The van der Waals surface area contributed by atoms with Crippen LogP contribution in [0, 0.1) is 197 Å². The number of ether oxygens (including phenoxy) is 4. The van der Waals surface area contributed by atoms with E-state index in [1.165, 1.54) is 124 Å². The van der Waals surface area contributed by atoms with Crippen LogP contribution in [0.1, 0.15) is 348 Å². The van der Waals surface area contributed by atoms with E-state index < -0.39 is 8.32 Å². The lowest BCUT2D eigenvalue weighted by Crippen LogP contribution is -2.60. The van der Waals surface area contributed by atoms with Crippen molar-refractivity contribution < 1.29 is 72.3 Å². The van der Waals surface area contributed by atoms with Gasteiger partial charge in [-0.25, -0.2) is 0 Å². The third-order valence-corrected chi connectivity index (χ3v) is 43.2. The van der Waals surface area contributed by atoms with E-state index in [1.54, 1.807) is 0 Å². The summed E-state index contributed by atoms with van der Waals surface area (Å²) < 4.78 is 26.5. The van der Waals surface area contributed by atoms with Gasteiger partial charge in [0.1, 0.15) is 11.6 Å². The predicted molar refractivity (Wildman–Crippen MR) is 492 cm³/mol. The first-order valence-electron chi connectivity index (χ1n) is 51.4. The van der Waals surface area contributed by atoms with Gasteiger partial charge in [0.05, 0.1) is 52.5 Å². The molecule has 0 saturated heterocycles. The normalized spacial score (nSPS) is 46.4. The number of methoxy groups -OCH3 is 4. The topological polar surface area (TPSA) is 226 Å². The number of esters is 4. The molecule has 16 aliphatic carbocycles. The van der Waals surface area contributed by atoms with Crippen molar-refractivity contribution in [3.63, 3.8) is 0 Å². The first-order chi connectivity index (χ1) is 58.4. The van der Waals surface area contributed by atoms with Gasteiger partial charge in [0.25, 0.3) is 0 Å². The number of allylic oxidation sites excluding steroid dienone is 4. The highest BCUT2D eigenvalue weighted by molar-refractivity contribution is 6.70. The van der Waals surface area contributed by atoms with Crippen LogP contribution in [-0.4, -0.2) is 112 Å². The number of carbonyl (C=O) groups excluding carboxylic acids is 7. The van der Waals surface area contributed by atoms with Crippen LogP contribution in [0.5, 0.6) is 0 Å². The van der Waals surface area contributed by atoms with Crippen molar-refractivity contribution >= 4 is 49.5 Å². The summed E-state index contributed by atoms with van der Waals surface area (Å²) in [5, 5.41) is 31.0. The summed E-state index contributed by atoms with van der Waals surface area (Å²) in [6.07, 6.45) is 43.1. The summed E-state index contributed by atoms with van der Waals surface area (Å²) in [5.74, 6) is 15.1. The van der Waals surface area contributed by atoms with Gasteiger partial charge in [0.2, 0.25) is 8.32 Å². The highest BCUT2D eigenvalue weighted by Gasteiger charge is 2.70. The average Bonchev–Trinajstić information content (AvgIpc) is 1.06. The predicted octanol–water partition coefficient (Wildman–Crippen LogP) is 23.3. The Morgan fingerprint density at radius 3 is 1.21 bits per heavy atom. The van der Waals surface area contributed by atoms with Crippen molar-refractivity contribution in [2.75, 3.05) is 28.4 Å². The minimum atomic E-state index is -1.68. The van der Waals surface area contributed by atoms with E-state index in [4.69, 9.17) is 23.4 Å². The monoisotopic (exact) mass is 1740 g/mol. The largest absolute Gasteiger partial charge is 0.547 e. The molecule has 702 valence electrons. The van der Waals surface area contributed by atoms with Gasteiger partial charge in [-0.3, -0.25) is 33.6 Å². The Labute approximate surface area is 752 Å². The lowest BCUT2D eigenvalue weighted by atomic mass is 9.42. The van der Waals surface area contributed by atoms with Crippen molar-refractivity contribution in [2.45, 2.75) is 386 Å². The molecule has 0 amide bonds. The molecule has 15 saturated carbocycles. The van der Waals surface area contributed by atoms with Crippen molar-refractivity contribution in [2.24, 2.45) is 197 Å². The zero-order valence-corrected chi connectivity index (χ0v) is 83.0. The summed E-state index contributed by atoms with van der Waals surface area (Å²) in [6.45, 7) is 42.9. The molecule has 16 rings (SSSR count). The van der Waals surface area contributed by atoms with Crippen molar-refractivity contribution in [3.05, 3.63) is 23.5 Å². The third kappa shape index (κ3) is 17.9. The molecule has 16 heteroatoms.